The van der Waals surface area contributed by atoms with Gasteiger partial charge < -0.3 is 9.47 Å². The van der Waals surface area contributed by atoms with Gasteiger partial charge in [0.15, 0.2) is 11.5 Å². The van der Waals surface area contributed by atoms with Gasteiger partial charge in [0.2, 0.25) is 0 Å². The zero-order valence-corrected chi connectivity index (χ0v) is 6.76. The Kier molecular flexibility index (Phi) is 1.43. The maximum atomic E-state index is 5.59. The van der Waals surface area contributed by atoms with Crippen molar-refractivity contribution in [2.45, 2.75) is 12.7 Å². The van der Waals surface area contributed by atoms with E-state index in [1.165, 1.54) is 0 Å². The van der Waals surface area contributed by atoms with Crippen molar-refractivity contribution in [2.75, 3.05) is 0 Å². The van der Waals surface area contributed by atoms with Crippen molar-refractivity contribution in [1.29, 1.82) is 0 Å². The SMILES string of the molecule is Cc1ccc2c(c1)OC(Cl)O2. The highest BCUT2D eigenvalue weighted by Crippen LogP contribution is 2.35. The fraction of sp³-hybridized carbons (Fsp3) is 0.250. The molecule has 58 valence electrons. The fourth-order valence-electron chi connectivity index (χ4n) is 1.03. The Hall–Kier alpha value is -0.890. The van der Waals surface area contributed by atoms with Crippen molar-refractivity contribution in [1.82, 2.24) is 0 Å². The first kappa shape index (κ1) is 6.80. The summed E-state index contributed by atoms with van der Waals surface area (Å²) in [4.78, 5) is 0. The number of hydrogen-bond acceptors (Lipinski definition) is 2. The van der Waals surface area contributed by atoms with Gasteiger partial charge in [0.05, 0.1) is 0 Å². The molecule has 0 amide bonds. The summed E-state index contributed by atoms with van der Waals surface area (Å²) in [6.45, 7) is 1.99. The van der Waals surface area contributed by atoms with E-state index in [1.54, 1.807) is 0 Å². The monoisotopic (exact) mass is 170 g/mol. The molecule has 1 aromatic rings. The molecule has 0 radical (unpaired) electrons. The summed E-state index contributed by atoms with van der Waals surface area (Å²) in [6.07, 6.45) is 0. The number of hydrogen-bond donors (Lipinski definition) is 0. The van der Waals surface area contributed by atoms with E-state index in [2.05, 4.69) is 0 Å². The van der Waals surface area contributed by atoms with Crippen molar-refractivity contribution in [3.05, 3.63) is 23.8 Å². The summed E-state index contributed by atoms with van der Waals surface area (Å²) < 4.78 is 10.2. The van der Waals surface area contributed by atoms with Crippen LogP contribution in [0.5, 0.6) is 11.5 Å². The molecule has 0 aromatic heterocycles. The molecule has 1 unspecified atom stereocenters. The average molecular weight is 171 g/mol. The molecule has 0 bridgehead atoms. The van der Waals surface area contributed by atoms with Gasteiger partial charge in [-0.3, -0.25) is 0 Å². The fourth-order valence-corrected chi connectivity index (χ4v) is 1.22. The molecule has 0 fully saturated rings. The molecule has 0 saturated carbocycles. The van der Waals surface area contributed by atoms with Crippen LogP contribution < -0.4 is 9.47 Å². The Morgan fingerprint density at radius 2 is 2.00 bits per heavy atom. The normalized spacial score (nSPS) is 20.4. The molecule has 1 aliphatic heterocycles. The van der Waals surface area contributed by atoms with Gasteiger partial charge in [0, 0.05) is 0 Å². The highest BCUT2D eigenvalue weighted by Gasteiger charge is 2.20. The van der Waals surface area contributed by atoms with Gasteiger partial charge in [-0.05, 0) is 36.2 Å². The van der Waals surface area contributed by atoms with E-state index in [0.717, 1.165) is 17.1 Å². The van der Waals surface area contributed by atoms with Gasteiger partial charge in [0.1, 0.15) is 0 Å². The average Bonchev–Trinajstić information content (AvgIpc) is 2.27. The Bertz CT molecular complexity index is 285. The van der Waals surface area contributed by atoms with Gasteiger partial charge in [-0.15, -0.1) is 0 Å². The smallest absolute Gasteiger partial charge is 0.322 e. The molecule has 1 aromatic carbocycles. The third-order valence-electron chi connectivity index (χ3n) is 1.54. The predicted molar refractivity (Wildman–Crippen MR) is 42.1 cm³/mol. The first-order chi connectivity index (χ1) is 5.25. The van der Waals surface area contributed by atoms with Gasteiger partial charge >= 0.3 is 5.75 Å². The number of ether oxygens (including phenoxy) is 2. The lowest BCUT2D eigenvalue weighted by Gasteiger charge is -1.96. The molecule has 11 heavy (non-hydrogen) atoms. The standard InChI is InChI=1S/C8H7ClO2/c1-5-2-3-6-7(4-5)11-8(9)10-6/h2-4,8H,1H3. The summed E-state index contributed by atoms with van der Waals surface area (Å²) in [5, 5.41) is 0. The summed E-state index contributed by atoms with van der Waals surface area (Å²) >= 11 is 5.59. The summed E-state index contributed by atoms with van der Waals surface area (Å²) in [7, 11) is 0. The molecule has 3 heteroatoms. The number of halogens is 1. The van der Waals surface area contributed by atoms with E-state index < -0.39 is 5.75 Å². The Morgan fingerprint density at radius 3 is 2.82 bits per heavy atom. The lowest BCUT2D eigenvalue weighted by molar-refractivity contribution is 0.128. The van der Waals surface area contributed by atoms with E-state index in [-0.39, 0.29) is 0 Å². The molecule has 0 aliphatic carbocycles. The molecular weight excluding hydrogens is 164 g/mol. The second-order valence-corrected chi connectivity index (χ2v) is 2.82. The molecule has 1 heterocycles. The van der Waals surface area contributed by atoms with Crippen LogP contribution in [0, 0.1) is 6.92 Å². The van der Waals surface area contributed by atoms with E-state index in [4.69, 9.17) is 21.1 Å². The number of rotatable bonds is 0. The van der Waals surface area contributed by atoms with Gasteiger partial charge in [-0.1, -0.05) is 6.07 Å². The second-order valence-electron chi connectivity index (χ2n) is 2.46. The van der Waals surface area contributed by atoms with E-state index in [1.807, 2.05) is 25.1 Å². The van der Waals surface area contributed by atoms with Crippen molar-refractivity contribution in [2.24, 2.45) is 0 Å². The first-order valence-electron chi connectivity index (χ1n) is 3.34. The molecule has 0 spiro atoms. The molecule has 2 nitrogen and oxygen atoms in total. The zero-order valence-electron chi connectivity index (χ0n) is 6.00. The highest BCUT2D eigenvalue weighted by atomic mass is 35.5. The molecule has 0 saturated heterocycles. The summed E-state index contributed by atoms with van der Waals surface area (Å²) in [5.41, 5.74) is 1.14. The Labute approximate surface area is 69.7 Å². The zero-order chi connectivity index (χ0) is 7.84. The van der Waals surface area contributed by atoms with E-state index >= 15 is 0 Å². The molecule has 0 N–H and O–H groups in total. The second kappa shape index (κ2) is 2.31. The van der Waals surface area contributed by atoms with Crippen LogP contribution in [-0.2, 0) is 0 Å². The van der Waals surface area contributed by atoms with E-state index in [9.17, 15) is 0 Å². The maximum Gasteiger partial charge on any atom is 0.322 e. The number of benzene rings is 1. The van der Waals surface area contributed by atoms with E-state index in [0.29, 0.717) is 0 Å². The third kappa shape index (κ3) is 1.14. The van der Waals surface area contributed by atoms with Crippen LogP contribution >= 0.6 is 11.6 Å². The van der Waals surface area contributed by atoms with Crippen LogP contribution in [-0.4, -0.2) is 5.75 Å². The van der Waals surface area contributed by atoms with Crippen LogP contribution in [0.15, 0.2) is 18.2 Å². The van der Waals surface area contributed by atoms with Crippen LogP contribution in [0.4, 0.5) is 0 Å². The molecule has 1 aliphatic rings. The van der Waals surface area contributed by atoms with Crippen LogP contribution in [0.3, 0.4) is 0 Å². The van der Waals surface area contributed by atoms with Crippen molar-refractivity contribution < 1.29 is 9.47 Å². The molecule has 2 rings (SSSR count). The highest BCUT2D eigenvalue weighted by molar-refractivity contribution is 6.19. The van der Waals surface area contributed by atoms with Gasteiger partial charge in [-0.25, -0.2) is 0 Å². The van der Waals surface area contributed by atoms with Crippen molar-refractivity contribution in [3.8, 4) is 11.5 Å². The minimum atomic E-state index is -0.660. The first-order valence-corrected chi connectivity index (χ1v) is 3.77. The number of aryl methyl sites for hydroxylation is 1. The number of alkyl halides is 1. The number of fused-ring (bicyclic) bond motifs is 1. The predicted octanol–water partition coefficient (Wildman–Crippen LogP) is 2.29. The quantitative estimate of drug-likeness (QED) is 0.557. The van der Waals surface area contributed by atoms with Crippen molar-refractivity contribution in [3.63, 3.8) is 0 Å². The Morgan fingerprint density at radius 1 is 1.27 bits per heavy atom. The summed E-state index contributed by atoms with van der Waals surface area (Å²) in [6, 6.07) is 5.71. The minimum Gasteiger partial charge on any atom is -0.438 e. The largest absolute Gasteiger partial charge is 0.438 e. The minimum absolute atomic E-state index is 0.660. The molecular formula is C8H7ClO2. The lowest BCUT2D eigenvalue weighted by atomic mass is 10.2. The molecule has 1 atom stereocenters. The van der Waals surface area contributed by atoms with Crippen molar-refractivity contribution >= 4 is 11.6 Å². The Balaban J connectivity index is 2.43. The topological polar surface area (TPSA) is 18.5 Å². The maximum absolute atomic E-state index is 5.59. The van der Waals surface area contributed by atoms with Crippen LogP contribution in [0.2, 0.25) is 0 Å². The lowest BCUT2D eigenvalue weighted by Crippen LogP contribution is -2.07. The van der Waals surface area contributed by atoms with Crippen LogP contribution in [0.1, 0.15) is 5.56 Å². The summed E-state index contributed by atoms with van der Waals surface area (Å²) in [5.74, 6) is 0.785. The van der Waals surface area contributed by atoms with Gasteiger partial charge in [0.25, 0.3) is 0 Å². The van der Waals surface area contributed by atoms with Crippen LogP contribution in [0.25, 0.3) is 0 Å². The van der Waals surface area contributed by atoms with Gasteiger partial charge in [-0.2, -0.15) is 0 Å². The third-order valence-corrected chi connectivity index (χ3v) is 1.72.